The van der Waals surface area contributed by atoms with Crippen LogP contribution in [0.25, 0.3) is 0 Å². The molecule has 1 aromatic rings. The van der Waals surface area contributed by atoms with E-state index in [1.54, 1.807) is 6.07 Å². The summed E-state index contributed by atoms with van der Waals surface area (Å²) in [7, 11) is 0. The first-order valence-electron chi connectivity index (χ1n) is 3.10. The SMILES string of the molecule is Cc1cc(C(F)CN)n[nH]1. The zero-order valence-electron chi connectivity index (χ0n) is 5.76. The number of nitrogens with zero attached hydrogens (tertiary/aromatic N) is 1. The normalized spacial score (nSPS) is 13.5. The van der Waals surface area contributed by atoms with Gasteiger partial charge in [-0.2, -0.15) is 5.10 Å². The van der Waals surface area contributed by atoms with Gasteiger partial charge in [0.25, 0.3) is 0 Å². The molecule has 0 saturated carbocycles. The van der Waals surface area contributed by atoms with E-state index in [9.17, 15) is 4.39 Å². The highest BCUT2D eigenvalue weighted by Crippen LogP contribution is 2.12. The quantitative estimate of drug-likeness (QED) is 0.639. The molecule has 0 aliphatic carbocycles. The second-order valence-corrected chi connectivity index (χ2v) is 2.18. The maximum atomic E-state index is 12.7. The zero-order valence-corrected chi connectivity index (χ0v) is 5.76. The van der Waals surface area contributed by atoms with E-state index in [4.69, 9.17) is 5.73 Å². The number of nitrogens with one attached hydrogen (secondary N) is 1. The lowest BCUT2D eigenvalue weighted by Gasteiger charge is -1.96. The molecule has 3 N–H and O–H groups in total. The van der Waals surface area contributed by atoms with Crippen molar-refractivity contribution in [2.24, 2.45) is 5.73 Å². The van der Waals surface area contributed by atoms with Crippen LogP contribution in [0.3, 0.4) is 0 Å². The Morgan fingerprint density at radius 1 is 1.90 bits per heavy atom. The van der Waals surface area contributed by atoms with Gasteiger partial charge in [-0.15, -0.1) is 0 Å². The van der Waals surface area contributed by atoms with Crippen molar-refractivity contribution in [2.45, 2.75) is 13.1 Å². The van der Waals surface area contributed by atoms with Crippen LogP contribution in [0.15, 0.2) is 6.07 Å². The van der Waals surface area contributed by atoms with Crippen LogP contribution in [-0.2, 0) is 0 Å². The summed E-state index contributed by atoms with van der Waals surface area (Å²) in [5.41, 5.74) is 6.33. The molecule has 3 nitrogen and oxygen atoms in total. The van der Waals surface area contributed by atoms with Gasteiger partial charge < -0.3 is 5.73 Å². The van der Waals surface area contributed by atoms with E-state index in [0.717, 1.165) is 5.69 Å². The highest BCUT2D eigenvalue weighted by molar-refractivity contribution is 5.09. The van der Waals surface area contributed by atoms with Crippen LogP contribution < -0.4 is 5.73 Å². The van der Waals surface area contributed by atoms with Crippen molar-refractivity contribution < 1.29 is 4.39 Å². The Morgan fingerprint density at radius 2 is 2.60 bits per heavy atom. The van der Waals surface area contributed by atoms with Crippen LogP contribution in [0.5, 0.6) is 0 Å². The topological polar surface area (TPSA) is 54.7 Å². The van der Waals surface area contributed by atoms with Crippen molar-refractivity contribution in [1.82, 2.24) is 10.2 Å². The summed E-state index contributed by atoms with van der Waals surface area (Å²) in [6.45, 7) is 1.81. The zero-order chi connectivity index (χ0) is 7.56. The molecule has 0 aliphatic rings. The molecule has 1 rings (SSSR count). The summed E-state index contributed by atoms with van der Waals surface area (Å²) in [5.74, 6) is 0. The molecule has 0 saturated heterocycles. The van der Waals surface area contributed by atoms with E-state index in [1.165, 1.54) is 0 Å². The Kier molecular flexibility index (Phi) is 2.01. The molecule has 0 aliphatic heterocycles. The summed E-state index contributed by atoms with van der Waals surface area (Å²) in [6.07, 6.45) is -1.13. The number of hydrogen-bond donors (Lipinski definition) is 2. The standard InChI is InChI=1S/C6H10FN3/c1-4-2-6(10-9-4)5(7)3-8/h2,5H,3,8H2,1H3,(H,9,10). The van der Waals surface area contributed by atoms with E-state index in [0.29, 0.717) is 5.69 Å². The molecule has 56 valence electrons. The number of hydrogen-bond acceptors (Lipinski definition) is 2. The van der Waals surface area contributed by atoms with Crippen molar-refractivity contribution in [1.29, 1.82) is 0 Å². The molecular formula is C6H10FN3. The van der Waals surface area contributed by atoms with Crippen LogP contribution in [-0.4, -0.2) is 16.7 Å². The molecule has 0 bridgehead atoms. The molecule has 0 aromatic carbocycles. The molecule has 10 heavy (non-hydrogen) atoms. The van der Waals surface area contributed by atoms with Gasteiger partial charge in [0, 0.05) is 12.2 Å². The lowest BCUT2D eigenvalue weighted by atomic mass is 10.2. The number of halogens is 1. The second-order valence-electron chi connectivity index (χ2n) is 2.18. The van der Waals surface area contributed by atoms with Crippen LogP contribution in [0.1, 0.15) is 17.6 Å². The number of H-pyrrole nitrogens is 1. The summed E-state index contributed by atoms with van der Waals surface area (Å²) in [6, 6.07) is 1.65. The van der Waals surface area contributed by atoms with E-state index in [2.05, 4.69) is 10.2 Å². The third kappa shape index (κ3) is 1.33. The van der Waals surface area contributed by atoms with E-state index >= 15 is 0 Å². The molecule has 1 unspecified atom stereocenters. The molecule has 1 atom stereocenters. The van der Waals surface area contributed by atoms with Crippen LogP contribution >= 0.6 is 0 Å². The maximum Gasteiger partial charge on any atom is 0.156 e. The van der Waals surface area contributed by atoms with Gasteiger partial charge in [0.15, 0.2) is 6.17 Å². The summed E-state index contributed by atoms with van der Waals surface area (Å²) in [5, 5.41) is 6.34. The molecule has 1 heterocycles. The molecule has 4 heteroatoms. The highest BCUT2D eigenvalue weighted by Gasteiger charge is 2.09. The molecule has 0 amide bonds. The Hall–Kier alpha value is -0.900. The lowest BCUT2D eigenvalue weighted by molar-refractivity contribution is 0.344. The average molecular weight is 143 g/mol. The Bertz CT molecular complexity index is 209. The Labute approximate surface area is 58.4 Å². The van der Waals surface area contributed by atoms with Gasteiger partial charge in [-0.25, -0.2) is 4.39 Å². The number of nitrogens with two attached hydrogens (primary N) is 1. The maximum absolute atomic E-state index is 12.7. The first-order chi connectivity index (χ1) is 4.74. The van der Waals surface area contributed by atoms with E-state index in [1.807, 2.05) is 6.92 Å². The average Bonchev–Trinajstić information content (AvgIpc) is 2.34. The van der Waals surface area contributed by atoms with Gasteiger partial charge in [0.05, 0.1) is 5.69 Å². The largest absolute Gasteiger partial charge is 0.327 e. The van der Waals surface area contributed by atoms with Crippen molar-refractivity contribution in [3.05, 3.63) is 17.5 Å². The molecule has 0 fully saturated rings. The number of rotatable bonds is 2. The second kappa shape index (κ2) is 2.79. The van der Waals surface area contributed by atoms with Gasteiger partial charge in [0.2, 0.25) is 0 Å². The predicted molar refractivity (Wildman–Crippen MR) is 36.2 cm³/mol. The number of aryl methyl sites for hydroxylation is 1. The van der Waals surface area contributed by atoms with Crippen molar-refractivity contribution >= 4 is 0 Å². The van der Waals surface area contributed by atoms with Crippen molar-refractivity contribution in [2.75, 3.05) is 6.54 Å². The van der Waals surface area contributed by atoms with Gasteiger partial charge >= 0.3 is 0 Å². The predicted octanol–water partition coefficient (Wildman–Crippen LogP) is 0.687. The summed E-state index contributed by atoms with van der Waals surface area (Å²) < 4.78 is 12.7. The monoisotopic (exact) mass is 143 g/mol. The number of aromatic nitrogens is 2. The third-order valence-electron chi connectivity index (χ3n) is 1.25. The fraction of sp³-hybridized carbons (Fsp3) is 0.500. The minimum atomic E-state index is -1.13. The third-order valence-corrected chi connectivity index (χ3v) is 1.25. The van der Waals surface area contributed by atoms with Crippen LogP contribution in [0.4, 0.5) is 4.39 Å². The minimum Gasteiger partial charge on any atom is -0.327 e. The van der Waals surface area contributed by atoms with Gasteiger partial charge in [-0.3, -0.25) is 5.10 Å². The first-order valence-corrected chi connectivity index (χ1v) is 3.10. The smallest absolute Gasteiger partial charge is 0.156 e. The van der Waals surface area contributed by atoms with Gasteiger partial charge in [-0.1, -0.05) is 0 Å². The lowest BCUT2D eigenvalue weighted by Crippen LogP contribution is -2.07. The molecule has 0 radical (unpaired) electrons. The van der Waals surface area contributed by atoms with Crippen molar-refractivity contribution in [3.63, 3.8) is 0 Å². The fourth-order valence-electron chi connectivity index (χ4n) is 0.720. The highest BCUT2D eigenvalue weighted by atomic mass is 19.1. The summed E-state index contributed by atoms with van der Waals surface area (Å²) in [4.78, 5) is 0. The van der Waals surface area contributed by atoms with Crippen molar-refractivity contribution in [3.8, 4) is 0 Å². The first kappa shape index (κ1) is 7.21. The van der Waals surface area contributed by atoms with Crippen LogP contribution in [0.2, 0.25) is 0 Å². The Morgan fingerprint density at radius 3 is 3.00 bits per heavy atom. The number of alkyl halides is 1. The van der Waals surface area contributed by atoms with E-state index < -0.39 is 6.17 Å². The number of aromatic amines is 1. The molecular weight excluding hydrogens is 133 g/mol. The minimum absolute atomic E-state index is 0.00963. The fourth-order valence-corrected chi connectivity index (χ4v) is 0.720. The van der Waals surface area contributed by atoms with Gasteiger partial charge in [0.1, 0.15) is 0 Å². The molecule has 1 aromatic heterocycles. The molecule has 0 spiro atoms. The Balaban J connectivity index is 2.74. The van der Waals surface area contributed by atoms with E-state index in [-0.39, 0.29) is 6.54 Å². The summed E-state index contributed by atoms with van der Waals surface area (Å²) >= 11 is 0. The van der Waals surface area contributed by atoms with Gasteiger partial charge in [-0.05, 0) is 13.0 Å². The van der Waals surface area contributed by atoms with Crippen LogP contribution in [0, 0.1) is 6.92 Å².